The molecule has 0 fully saturated rings. The molecule has 1 heterocycles. The number of carbonyl (C=O) groups is 1. The molecule has 1 rings (SSSR count). The zero-order valence-electron chi connectivity index (χ0n) is 9.04. The van der Waals surface area contributed by atoms with Crippen molar-refractivity contribution < 1.29 is 4.79 Å². The topological polar surface area (TPSA) is 44.7 Å². The third-order valence-electron chi connectivity index (χ3n) is 1.92. The van der Waals surface area contributed by atoms with Crippen LogP contribution >= 0.6 is 11.6 Å². The summed E-state index contributed by atoms with van der Waals surface area (Å²) < 4.78 is 0. The van der Waals surface area contributed by atoms with E-state index >= 15 is 0 Å². The Morgan fingerprint density at radius 3 is 2.87 bits per heavy atom. The van der Waals surface area contributed by atoms with Crippen molar-refractivity contribution in [3.63, 3.8) is 0 Å². The minimum atomic E-state index is -0.228. The molecule has 0 bridgehead atoms. The van der Waals surface area contributed by atoms with Crippen molar-refractivity contribution in [1.82, 2.24) is 10.2 Å². The lowest BCUT2D eigenvalue weighted by Gasteiger charge is -2.14. The summed E-state index contributed by atoms with van der Waals surface area (Å²) in [6.45, 7) is 2.28. The van der Waals surface area contributed by atoms with E-state index < -0.39 is 0 Å². The van der Waals surface area contributed by atoms with Crippen LogP contribution in [0.2, 0.25) is 0 Å². The Bertz CT molecular complexity index is 356. The van der Waals surface area contributed by atoms with Crippen LogP contribution in [0.15, 0.2) is 27.4 Å². The zero-order valence-corrected chi connectivity index (χ0v) is 9.80. The van der Waals surface area contributed by atoms with Gasteiger partial charge in [0.25, 0.3) is 5.91 Å². The Balaban J connectivity index is 2.81. The Hall–Kier alpha value is -1.29. The molecule has 15 heavy (non-hydrogen) atoms. The number of allylic oxidation sites excluding steroid dienone is 2. The molecule has 0 aromatic rings. The predicted molar refractivity (Wildman–Crippen MR) is 61.8 cm³/mol. The average molecular weight is 228 g/mol. The molecule has 0 saturated carbocycles. The molecule has 0 unspecified atom stereocenters. The van der Waals surface area contributed by atoms with Gasteiger partial charge >= 0.3 is 0 Å². The molecule has 0 spiro atoms. The molecule has 1 N–H and O–H groups in total. The second-order valence-corrected chi connectivity index (χ2v) is 3.93. The zero-order chi connectivity index (χ0) is 11.4. The van der Waals surface area contributed by atoms with Crippen molar-refractivity contribution in [2.24, 2.45) is 4.99 Å². The molecule has 5 heteroatoms. The lowest BCUT2D eigenvalue weighted by Crippen LogP contribution is -2.23. The van der Waals surface area contributed by atoms with Gasteiger partial charge in [0.05, 0.1) is 6.34 Å². The van der Waals surface area contributed by atoms with Gasteiger partial charge in [-0.25, -0.2) is 0 Å². The summed E-state index contributed by atoms with van der Waals surface area (Å²) in [6.07, 6.45) is 3.21. The largest absolute Gasteiger partial charge is 0.372 e. The summed E-state index contributed by atoms with van der Waals surface area (Å²) in [5.41, 5.74) is 1.51. The predicted octanol–water partition coefficient (Wildman–Crippen LogP) is 1.10. The Kier molecular flexibility index (Phi) is 3.91. The Morgan fingerprint density at radius 1 is 1.67 bits per heavy atom. The standard InChI is InChI=1S/C10H14ClN3O/c1-7-4-9(11)12-5-8(7)10(15)13-6-14(2)3/h4,6,12H,5H2,1-3H3/b13-6+. The molecule has 0 aromatic carbocycles. The first-order valence-electron chi connectivity index (χ1n) is 4.56. The number of nitrogens with zero attached hydrogens (tertiary/aromatic N) is 2. The van der Waals surface area contributed by atoms with E-state index in [0.717, 1.165) is 5.57 Å². The summed E-state index contributed by atoms with van der Waals surface area (Å²) in [6, 6.07) is 0. The van der Waals surface area contributed by atoms with Crippen molar-refractivity contribution in [2.75, 3.05) is 20.6 Å². The molecule has 0 atom stereocenters. The smallest absolute Gasteiger partial charge is 0.276 e. The second-order valence-electron chi connectivity index (χ2n) is 3.52. The number of halogens is 1. The number of nitrogens with one attached hydrogen (secondary N) is 1. The van der Waals surface area contributed by atoms with E-state index in [-0.39, 0.29) is 5.91 Å². The lowest BCUT2D eigenvalue weighted by atomic mass is 10.1. The molecular weight excluding hydrogens is 214 g/mol. The molecule has 0 saturated heterocycles. The maximum Gasteiger partial charge on any atom is 0.276 e. The summed E-state index contributed by atoms with van der Waals surface area (Å²) >= 11 is 5.77. The third-order valence-corrected chi connectivity index (χ3v) is 2.16. The quantitative estimate of drug-likeness (QED) is 0.437. The first kappa shape index (κ1) is 11.8. The summed E-state index contributed by atoms with van der Waals surface area (Å²) in [5.74, 6) is -0.228. The SMILES string of the molecule is CC1=C(C(=O)/N=C/N(C)C)CNC(Cl)=C1. The van der Waals surface area contributed by atoms with Gasteiger partial charge in [0.2, 0.25) is 0 Å². The summed E-state index contributed by atoms with van der Waals surface area (Å²) in [4.78, 5) is 17.2. The highest BCUT2D eigenvalue weighted by atomic mass is 35.5. The third kappa shape index (κ3) is 3.40. The van der Waals surface area contributed by atoms with Crippen molar-refractivity contribution in [2.45, 2.75) is 6.92 Å². The maximum absolute atomic E-state index is 11.6. The monoisotopic (exact) mass is 227 g/mol. The van der Waals surface area contributed by atoms with E-state index in [1.54, 1.807) is 11.0 Å². The highest BCUT2D eigenvalue weighted by Crippen LogP contribution is 2.15. The van der Waals surface area contributed by atoms with Crippen LogP contribution in [0.25, 0.3) is 0 Å². The first-order valence-corrected chi connectivity index (χ1v) is 4.94. The number of rotatable bonds is 2. The highest BCUT2D eigenvalue weighted by molar-refractivity contribution is 6.29. The minimum Gasteiger partial charge on any atom is -0.372 e. The van der Waals surface area contributed by atoms with Crippen LogP contribution in [0.1, 0.15) is 6.92 Å². The van der Waals surface area contributed by atoms with Crippen LogP contribution in [0.5, 0.6) is 0 Å². The molecule has 4 nitrogen and oxygen atoms in total. The maximum atomic E-state index is 11.6. The fraction of sp³-hybridized carbons (Fsp3) is 0.400. The van der Waals surface area contributed by atoms with Crippen LogP contribution in [-0.2, 0) is 4.79 Å². The number of hydrogen-bond acceptors (Lipinski definition) is 2. The van der Waals surface area contributed by atoms with E-state index in [9.17, 15) is 4.79 Å². The van der Waals surface area contributed by atoms with Crippen LogP contribution in [-0.4, -0.2) is 37.8 Å². The van der Waals surface area contributed by atoms with Gasteiger partial charge < -0.3 is 10.2 Å². The van der Waals surface area contributed by atoms with Crippen LogP contribution in [0.3, 0.4) is 0 Å². The van der Waals surface area contributed by atoms with E-state index in [1.165, 1.54) is 6.34 Å². The number of dihydropyridines is 1. The van der Waals surface area contributed by atoms with Gasteiger partial charge in [0.1, 0.15) is 5.16 Å². The average Bonchev–Trinajstić information content (AvgIpc) is 2.14. The second kappa shape index (κ2) is 4.98. The van der Waals surface area contributed by atoms with E-state index in [2.05, 4.69) is 10.3 Å². The number of amides is 1. The van der Waals surface area contributed by atoms with Crippen LogP contribution in [0, 0.1) is 0 Å². The normalized spacial score (nSPS) is 16.4. The summed E-state index contributed by atoms with van der Waals surface area (Å²) in [7, 11) is 3.63. The van der Waals surface area contributed by atoms with Crippen LogP contribution in [0.4, 0.5) is 0 Å². The Labute approximate surface area is 94.3 Å². The minimum absolute atomic E-state index is 0.228. The molecule has 0 aliphatic carbocycles. The van der Waals surface area contributed by atoms with Crippen molar-refractivity contribution in [3.05, 3.63) is 22.4 Å². The molecular formula is C10H14ClN3O. The Morgan fingerprint density at radius 2 is 2.33 bits per heavy atom. The van der Waals surface area contributed by atoms with Crippen LogP contribution < -0.4 is 5.32 Å². The summed E-state index contributed by atoms with van der Waals surface area (Å²) in [5, 5.41) is 3.45. The molecule has 82 valence electrons. The van der Waals surface area contributed by atoms with Gasteiger partial charge in [-0.3, -0.25) is 4.79 Å². The van der Waals surface area contributed by atoms with Crippen molar-refractivity contribution in [1.29, 1.82) is 0 Å². The van der Waals surface area contributed by atoms with Crippen molar-refractivity contribution in [3.8, 4) is 0 Å². The molecule has 0 radical (unpaired) electrons. The fourth-order valence-electron chi connectivity index (χ4n) is 1.13. The molecule has 1 amide bonds. The number of aliphatic imine (C=N–C) groups is 1. The van der Waals surface area contributed by atoms with E-state index in [0.29, 0.717) is 17.3 Å². The van der Waals surface area contributed by atoms with Gasteiger partial charge in [-0.15, -0.1) is 0 Å². The van der Waals surface area contributed by atoms with Gasteiger partial charge in [-0.2, -0.15) is 4.99 Å². The number of hydrogen-bond donors (Lipinski definition) is 1. The molecule has 1 aliphatic heterocycles. The van der Waals surface area contributed by atoms with E-state index in [4.69, 9.17) is 11.6 Å². The van der Waals surface area contributed by atoms with Gasteiger partial charge in [0.15, 0.2) is 0 Å². The first-order chi connectivity index (χ1) is 7.00. The fourth-order valence-corrected chi connectivity index (χ4v) is 1.36. The number of carbonyl (C=O) groups excluding carboxylic acids is 1. The van der Waals surface area contributed by atoms with Crippen molar-refractivity contribution >= 4 is 23.8 Å². The van der Waals surface area contributed by atoms with Gasteiger partial charge in [-0.1, -0.05) is 11.6 Å². The van der Waals surface area contributed by atoms with Gasteiger partial charge in [0, 0.05) is 26.2 Å². The van der Waals surface area contributed by atoms with E-state index in [1.807, 2.05) is 21.0 Å². The highest BCUT2D eigenvalue weighted by Gasteiger charge is 2.14. The van der Waals surface area contributed by atoms with Gasteiger partial charge in [-0.05, 0) is 18.6 Å². The molecule has 1 aliphatic rings. The lowest BCUT2D eigenvalue weighted by molar-refractivity contribution is -0.114. The molecule has 0 aromatic heterocycles.